The highest BCUT2D eigenvalue weighted by Crippen LogP contribution is 2.39. The van der Waals surface area contributed by atoms with Crippen molar-refractivity contribution in [2.24, 2.45) is 22.1 Å². The fourth-order valence-electron chi connectivity index (χ4n) is 3.25. The molecule has 0 aromatic rings. The van der Waals surface area contributed by atoms with E-state index in [1.54, 1.807) is 0 Å². The van der Waals surface area contributed by atoms with E-state index in [1.807, 2.05) is 0 Å². The summed E-state index contributed by atoms with van der Waals surface area (Å²) in [5.74, 6) is 1.51. The van der Waals surface area contributed by atoms with Crippen LogP contribution >= 0.6 is 24.0 Å². The van der Waals surface area contributed by atoms with Crippen LogP contribution in [0, 0.1) is 11.3 Å². The van der Waals surface area contributed by atoms with Crippen LogP contribution in [-0.2, 0) is 4.74 Å². The predicted octanol–water partition coefficient (Wildman–Crippen LogP) is 2.86. The Morgan fingerprint density at radius 2 is 2.00 bits per heavy atom. The molecule has 1 unspecified atom stereocenters. The number of hydrogen-bond donors (Lipinski definition) is 1. The van der Waals surface area contributed by atoms with Gasteiger partial charge in [-0.3, -0.25) is 4.99 Å². The zero-order chi connectivity index (χ0) is 13.9. The normalized spacial score (nSPS) is 25.6. The maximum Gasteiger partial charge on any atom is 0.191 e. The van der Waals surface area contributed by atoms with E-state index in [0.717, 1.165) is 32.2 Å². The van der Waals surface area contributed by atoms with Gasteiger partial charge in [-0.1, -0.05) is 26.7 Å². The Kier molecular flexibility index (Phi) is 7.04. The maximum atomic E-state index is 6.14. The highest BCUT2D eigenvalue weighted by Gasteiger charge is 2.31. The fourth-order valence-corrected chi connectivity index (χ4v) is 3.25. The number of nitrogens with two attached hydrogens (primary N) is 1. The molecule has 2 rings (SSSR count). The predicted molar refractivity (Wildman–Crippen MR) is 94.6 cm³/mol. The van der Waals surface area contributed by atoms with Crippen molar-refractivity contribution in [3.63, 3.8) is 0 Å². The Hall–Kier alpha value is -0.0400. The van der Waals surface area contributed by atoms with Crippen LogP contribution in [0.5, 0.6) is 0 Å². The van der Waals surface area contributed by atoms with Crippen molar-refractivity contribution in [1.29, 1.82) is 0 Å². The second kappa shape index (κ2) is 7.82. The maximum absolute atomic E-state index is 6.14. The number of morpholine rings is 1. The Morgan fingerprint density at radius 1 is 1.35 bits per heavy atom. The van der Waals surface area contributed by atoms with Crippen LogP contribution in [0.4, 0.5) is 0 Å². The van der Waals surface area contributed by atoms with Gasteiger partial charge in [0.25, 0.3) is 0 Å². The zero-order valence-electron chi connectivity index (χ0n) is 13.1. The van der Waals surface area contributed by atoms with Crippen molar-refractivity contribution in [3.05, 3.63) is 0 Å². The van der Waals surface area contributed by atoms with Crippen molar-refractivity contribution in [3.8, 4) is 0 Å². The summed E-state index contributed by atoms with van der Waals surface area (Å²) in [4.78, 5) is 6.82. The molecule has 0 amide bonds. The summed E-state index contributed by atoms with van der Waals surface area (Å²) in [6.45, 7) is 10.1. The minimum absolute atomic E-state index is 0. The quantitative estimate of drug-likeness (QED) is 0.454. The average Bonchev–Trinajstić information content (AvgIpc) is 2.90. The molecule has 1 aliphatic carbocycles. The van der Waals surface area contributed by atoms with E-state index < -0.39 is 0 Å². The third-order valence-electron chi connectivity index (χ3n) is 4.67. The van der Waals surface area contributed by atoms with Gasteiger partial charge >= 0.3 is 0 Å². The van der Waals surface area contributed by atoms with Crippen molar-refractivity contribution >= 4 is 29.9 Å². The summed E-state index contributed by atoms with van der Waals surface area (Å²) in [6, 6.07) is 0. The lowest BCUT2D eigenvalue weighted by molar-refractivity contribution is 0.00521. The average molecular weight is 395 g/mol. The molecule has 118 valence electrons. The van der Waals surface area contributed by atoms with Gasteiger partial charge in [0.1, 0.15) is 0 Å². The van der Waals surface area contributed by atoms with E-state index in [4.69, 9.17) is 10.5 Å². The lowest BCUT2D eigenvalue weighted by Gasteiger charge is -2.33. The number of ether oxygens (including phenoxy) is 1. The van der Waals surface area contributed by atoms with Gasteiger partial charge in [-0.2, -0.15) is 0 Å². The molecule has 0 bridgehead atoms. The summed E-state index contributed by atoms with van der Waals surface area (Å²) in [5.41, 5.74) is 6.41. The van der Waals surface area contributed by atoms with Crippen molar-refractivity contribution in [1.82, 2.24) is 4.90 Å². The lowest BCUT2D eigenvalue weighted by atomic mass is 9.78. The molecule has 2 aliphatic rings. The summed E-state index contributed by atoms with van der Waals surface area (Å²) in [7, 11) is 0. The van der Waals surface area contributed by atoms with E-state index in [2.05, 4.69) is 30.7 Å². The number of hydrogen-bond acceptors (Lipinski definition) is 2. The number of rotatable bonds is 3. The molecule has 1 heterocycles. The first-order valence-corrected chi connectivity index (χ1v) is 7.65. The van der Waals surface area contributed by atoms with Crippen LogP contribution in [0.15, 0.2) is 4.99 Å². The van der Waals surface area contributed by atoms with Crippen molar-refractivity contribution < 1.29 is 4.74 Å². The third kappa shape index (κ3) is 4.76. The van der Waals surface area contributed by atoms with Gasteiger partial charge in [0, 0.05) is 19.6 Å². The first kappa shape index (κ1) is 18.0. The smallest absolute Gasteiger partial charge is 0.191 e. The minimum Gasteiger partial charge on any atom is -0.375 e. The van der Waals surface area contributed by atoms with E-state index in [0.29, 0.717) is 5.96 Å². The zero-order valence-corrected chi connectivity index (χ0v) is 15.4. The van der Waals surface area contributed by atoms with E-state index in [1.165, 1.54) is 25.7 Å². The number of guanidine groups is 1. The molecule has 0 aromatic heterocycles. The summed E-state index contributed by atoms with van der Waals surface area (Å²) in [5, 5.41) is 0. The molecule has 1 saturated carbocycles. The second-order valence-electron chi connectivity index (χ2n) is 6.77. The van der Waals surface area contributed by atoms with Gasteiger partial charge < -0.3 is 15.4 Å². The van der Waals surface area contributed by atoms with E-state index in [-0.39, 0.29) is 35.5 Å². The number of aliphatic imine (C=N–C) groups is 1. The van der Waals surface area contributed by atoms with Crippen LogP contribution in [0.3, 0.4) is 0 Å². The van der Waals surface area contributed by atoms with Gasteiger partial charge in [0.05, 0.1) is 12.7 Å². The molecule has 5 heteroatoms. The van der Waals surface area contributed by atoms with Crippen LogP contribution in [-0.4, -0.2) is 43.2 Å². The molecule has 20 heavy (non-hydrogen) atoms. The van der Waals surface area contributed by atoms with Gasteiger partial charge in [0.2, 0.25) is 0 Å². The Labute approximate surface area is 140 Å². The molecular formula is C15H30IN3O. The fraction of sp³-hybridized carbons (Fsp3) is 0.933. The molecule has 2 N–H and O–H groups in total. The first-order chi connectivity index (χ1) is 8.99. The summed E-state index contributed by atoms with van der Waals surface area (Å²) >= 11 is 0. The summed E-state index contributed by atoms with van der Waals surface area (Å²) < 4.78 is 5.53. The van der Waals surface area contributed by atoms with Gasteiger partial charge in [0.15, 0.2) is 5.96 Å². The second-order valence-corrected chi connectivity index (χ2v) is 6.77. The molecule has 0 radical (unpaired) electrons. The Balaban J connectivity index is 0.00000200. The molecule has 4 nitrogen and oxygen atoms in total. The molecule has 2 fully saturated rings. The van der Waals surface area contributed by atoms with Gasteiger partial charge in [-0.15, -0.1) is 24.0 Å². The van der Waals surface area contributed by atoms with Crippen LogP contribution in [0.25, 0.3) is 0 Å². The van der Waals surface area contributed by atoms with Crippen LogP contribution in [0.2, 0.25) is 0 Å². The van der Waals surface area contributed by atoms with Crippen molar-refractivity contribution in [2.45, 2.75) is 52.6 Å². The standard InChI is InChI=1S/C15H29N3O.HI/c1-12-10-18(8-9-19-12)14(16)17-11-15(2,3)13-6-4-5-7-13;/h12-13H,4-11H2,1-3H3,(H2,16,17);1H. The van der Waals surface area contributed by atoms with E-state index in [9.17, 15) is 0 Å². The highest BCUT2D eigenvalue weighted by molar-refractivity contribution is 14.0. The molecule has 1 atom stereocenters. The Morgan fingerprint density at radius 3 is 2.60 bits per heavy atom. The number of halogens is 1. The van der Waals surface area contributed by atoms with Gasteiger partial charge in [-0.25, -0.2) is 0 Å². The monoisotopic (exact) mass is 395 g/mol. The molecule has 1 saturated heterocycles. The first-order valence-electron chi connectivity index (χ1n) is 7.65. The third-order valence-corrected chi connectivity index (χ3v) is 4.67. The minimum atomic E-state index is 0. The summed E-state index contributed by atoms with van der Waals surface area (Å²) in [6.07, 6.45) is 5.74. The topological polar surface area (TPSA) is 50.8 Å². The van der Waals surface area contributed by atoms with Crippen molar-refractivity contribution in [2.75, 3.05) is 26.2 Å². The lowest BCUT2D eigenvalue weighted by Crippen LogP contribution is -2.48. The SMILES string of the molecule is CC1CN(C(N)=NCC(C)(C)C2CCCC2)CCO1.I. The molecule has 0 spiro atoms. The van der Waals surface area contributed by atoms with E-state index >= 15 is 0 Å². The van der Waals surface area contributed by atoms with Gasteiger partial charge in [-0.05, 0) is 31.1 Å². The molecule has 0 aromatic carbocycles. The van der Waals surface area contributed by atoms with Crippen LogP contribution in [0.1, 0.15) is 46.5 Å². The van der Waals surface area contributed by atoms with Crippen LogP contribution < -0.4 is 5.73 Å². The molecule has 1 aliphatic heterocycles. The number of nitrogens with zero attached hydrogens (tertiary/aromatic N) is 2. The largest absolute Gasteiger partial charge is 0.375 e. The highest BCUT2D eigenvalue weighted by atomic mass is 127. The molecular weight excluding hydrogens is 365 g/mol. The Bertz CT molecular complexity index is 327.